The van der Waals surface area contributed by atoms with Gasteiger partial charge in [-0.3, -0.25) is 0 Å². The summed E-state index contributed by atoms with van der Waals surface area (Å²) >= 11 is 0. The van der Waals surface area contributed by atoms with E-state index in [2.05, 4.69) is 15.3 Å². The van der Waals surface area contributed by atoms with Crippen LogP contribution in [0.5, 0.6) is 0 Å². The van der Waals surface area contributed by atoms with Gasteiger partial charge in [0.05, 0.1) is 11.4 Å². The molecule has 0 saturated carbocycles. The Morgan fingerprint density at radius 2 is 2.25 bits per heavy atom. The molecule has 16 heavy (non-hydrogen) atoms. The third-order valence-corrected chi connectivity index (χ3v) is 2.67. The first kappa shape index (κ1) is 6.48. The van der Waals surface area contributed by atoms with E-state index in [9.17, 15) is 0 Å². The monoisotopic (exact) mass is 215 g/mol. The van der Waals surface area contributed by atoms with Crippen molar-refractivity contribution in [3.8, 4) is 11.3 Å². The molecule has 0 amide bonds. The van der Waals surface area contributed by atoms with E-state index in [1.165, 1.54) is 4.68 Å². The van der Waals surface area contributed by atoms with Gasteiger partial charge >= 0.3 is 0 Å². The zero-order valence-electron chi connectivity index (χ0n) is 11.7. The number of nitrogens with zero attached hydrogens (tertiary/aromatic N) is 3. The van der Waals surface area contributed by atoms with Crippen LogP contribution in [0.15, 0.2) is 30.5 Å². The molecule has 0 bridgehead atoms. The van der Waals surface area contributed by atoms with Gasteiger partial charge in [0.2, 0.25) is 0 Å². The summed E-state index contributed by atoms with van der Waals surface area (Å²) in [7, 11) is 1.69. The molecule has 0 aliphatic heterocycles. The average Bonchev–Trinajstić information content (AvgIpc) is 2.91. The van der Waals surface area contributed by atoms with E-state index in [1.54, 1.807) is 13.2 Å². The quantitative estimate of drug-likeness (QED) is 0.677. The van der Waals surface area contributed by atoms with Gasteiger partial charge < -0.3 is 4.98 Å². The van der Waals surface area contributed by atoms with E-state index >= 15 is 0 Å². The van der Waals surface area contributed by atoms with Crippen LogP contribution in [0.2, 0.25) is 0 Å². The number of para-hydroxylation sites is 1. The number of fused-ring (bicyclic) bond motifs is 1. The first-order valence-electron chi connectivity index (χ1n) is 6.45. The lowest BCUT2D eigenvalue weighted by atomic mass is 10.1. The molecule has 0 aliphatic rings. The largest absolute Gasteiger partial charge is 0.360 e. The Morgan fingerprint density at radius 1 is 1.38 bits per heavy atom. The van der Waals surface area contributed by atoms with Crippen LogP contribution < -0.4 is 0 Å². The van der Waals surface area contributed by atoms with Gasteiger partial charge in [-0.2, -0.15) is 0 Å². The van der Waals surface area contributed by atoms with Crippen LogP contribution in [0.3, 0.4) is 0 Å². The Morgan fingerprint density at radius 3 is 3.12 bits per heavy atom. The van der Waals surface area contributed by atoms with E-state index in [4.69, 9.17) is 4.11 Å². The number of hydrogen-bond donors (Lipinski definition) is 1. The van der Waals surface area contributed by atoms with Crippen molar-refractivity contribution in [2.24, 2.45) is 7.05 Å². The van der Waals surface area contributed by atoms with Gasteiger partial charge in [0.1, 0.15) is 0 Å². The molecule has 1 aromatic carbocycles. The Labute approximate surface area is 97.1 Å². The lowest BCUT2D eigenvalue weighted by Crippen LogP contribution is -1.93. The standard InChI is InChI=1S/C12H12N4/c1-8-12(16(2)15-14-8)10-7-13-11-6-4-3-5-9(10)11/h3-7,13H,1-2H3/i1D3. The zero-order chi connectivity index (χ0) is 13.6. The molecule has 3 rings (SSSR count). The fourth-order valence-electron chi connectivity index (χ4n) is 1.93. The number of rotatable bonds is 1. The summed E-state index contributed by atoms with van der Waals surface area (Å²) in [5, 5.41) is 8.58. The Kier molecular flexibility index (Phi) is 1.29. The molecular weight excluding hydrogens is 200 g/mol. The van der Waals surface area contributed by atoms with Gasteiger partial charge in [-0.05, 0) is 12.9 Å². The number of aromatic nitrogens is 4. The fourth-order valence-corrected chi connectivity index (χ4v) is 1.93. The SMILES string of the molecule is [2H]C([2H])([2H])c1nnn(C)c1-c1c[nH]c2ccccc12. The Balaban J connectivity index is 2.31. The summed E-state index contributed by atoms with van der Waals surface area (Å²) in [4.78, 5) is 3.13. The van der Waals surface area contributed by atoms with Gasteiger partial charge in [-0.1, -0.05) is 23.4 Å². The van der Waals surface area contributed by atoms with Crippen molar-refractivity contribution in [1.29, 1.82) is 0 Å². The highest BCUT2D eigenvalue weighted by atomic mass is 15.4. The van der Waals surface area contributed by atoms with E-state index in [0.717, 1.165) is 16.5 Å². The smallest absolute Gasteiger partial charge is 0.0932 e. The van der Waals surface area contributed by atoms with E-state index in [1.807, 2.05) is 24.3 Å². The van der Waals surface area contributed by atoms with Crippen molar-refractivity contribution in [3.63, 3.8) is 0 Å². The molecule has 1 N–H and O–H groups in total. The molecule has 0 unspecified atom stereocenters. The Bertz CT molecular complexity index is 739. The van der Waals surface area contributed by atoms with Crippen LogP contribution >= 0.6 is 0 Å². The van der Waals surface area contributed by atoms with Gasteiger partial charge in [-0.25, -0.2) is 4.68 Å². The molecule has 0 radical (unpaired) electrons. The molecule has 0 atom stereocenters. The molecule has 0 aliphatic carbocycles. The van der Waals surface area contributed by atoms with Gasteiger partial charge in [0.25, 0.3) is 0 Å². The number of benzene rings is 1. The fraction of sp³-hybridized carbons (Fsp3) is 0.167. The second-order valence-corrected chi connectivity index (χ2v) is 3.66. The number of nitrogens with one attached hydrogen (secondary N) is 1. The molecule has 0 saturated heterocycles. The number of hydrogen-bond acceptors (Lipinski definition) is 2. The van der Waals surface area contributed by atoms with Crippen molar-refractivity contribution < 1.29 is 4.11 Å². The topological polar surface area (TPSA) is 46.5 Å². The van der Waals surface area contributed by atoms with Crippen molar-refractivity contribution in [1.82, 2.24) is 20.0 Å². The zero-order valence-corrected chi connectivity index (χ0v) is 8.73. The first-order valence-corrected chi connectivity index (χ1v) is 4.95. The van der Waals surface area contributed by atoms with Crippen molar-refractivity contribution >= 4 is 10.9 Å². The predicted octanol–water partition coefficient (Wildman–Crippen LogP) is 2.27. The minimum atomic E-state index is -2.28. The van der Waals surface area contributed by atoms with Crippen LogP contribution in [-0.4, -0.2) is 20.0 Å². The summed E-state index contributed by atoms with van der Waals surface area (Å²) in [5.41, 5.74) is 2.31. The van der Waals surface area contributed by atoms with E-state index < -0.39 is 6.85 Å². The van der Waals surface area contributed by atoms with Crippen molar-refractivity contribution in [3.05, 3.63) is 36.2 Å². The maximum absolute atomic E-state index is 7.54. The minimum Gasteiger partial charge on any atom is -0.360 e. The highest BCUT2D eigenvalue weighted by molar-refractivity contribution is 5.94. The molecule has 80 valence electrons. The molecular formula is C12H12N4. The average molecular weight is 215 g/mol. The maximum atomic E-state index is 7.54. The molecule has 4 heteroatoms. The van der Waals surface area contributed by atoms with Crippen LogP contribution in [0, 0.1) is 6.85 Å². The van der Waals surface area contributed by atoms with Crippen LogP contribution in [0.4, 0.5) is 0 Å². The molecule has 4 nitrogen and oxygen atoms in total. The normalized spacial score (nSPS) is 14.7. The second kappa shape index (κ2) is 3.20. The van der Waals surface area contributed by atoms with Gasteiger partial charge in [-0.15, -0.1) is 5.10 Å². The molecule has 0 fully saturated rings. The first-order chi connectivity index (χ1) is 8.98. The summed E-state index contributed by atoms with van der Waals surface area (Å²) in [6.45, 7) is -2.28. The van der Waals surface area contributed by atoms with Crippen molar-refractivity contribution in [2.75, 3.05) is 0 Å². The third kappa shape index (κ3) is 1.16. The summed E-state index contributed by atoms with van der Waals surface area (Å²) in [6.07, 6.45) is 1.79. The van der Waals surface area contributed by atoms with Gasteiger partial charge in [0, 0.05) is 33.8 Å². The summed E-state index contributed by atoms with van der Waals surface area (Å²) in [5.74, 6) is 0. The van der Waals surface area contributed by atoms with Crippen molar-refractivity contribution in [2.45, 2.75) is 6.85 Å². The minimum absolute atomic E-state index is 0.0275. The number of aromatic amines is 1. The number of H-pyrrole nitrogens is 1. The lowest BCUT2D eigenvalue weighted by Gasteiger charge is -2.00. The second-order valence-electron chi connectivity index (χ2n) is 3.66. The summed E-state index contributed by atoms with van der Waals surface area (Å²) < 4.78 is 24.1. The molecule has 3 aromatic rings. The summed E-state index contributed by atoms with van der Waals surface area (Å²) in [6, 6.07) is 7.72. The van der Waals surface area contributed by atoms with Gasteiger partial charge in [0.15, 0.2) is 0 Å². The predicted molar refractivity (Wildman–Crippen MR) is 63.0 cm³/mol. The highest BCUT2D eigenvalue weighted by Crippen LogP contribution is 2.29. The molecule has 2 heterocycles. The van der Waals surface area contributed by atoms with Crippen LogP contribution in [-0.2, 0) is 7.05 Å². The van der Waals surface area contributed by atoms with Crippen LogP contribution in [0.25, 0.3) is 22.2 Å². The third-order valence-electron chi connectivity index (χ3n) is 2.67. The lowest BCUT2D eigenvalue weighted by molar-refractivity contribution is 0.720. The van der Waals surface area contributed by atoms with E-state index in [-0.39, 0.29) is 5.69 Å². The Hall–Kier alpha value is -2.10. The molecule has 2 aromatic heterocycles. The van der Waals surface area contributed by atoms with E-state index in [0.29, 0.717) is 5.69 Å². The van der Waals surface area contributed by atoms with Crippen LogP contribution in [0.1, 0.15) is 9.81 Å². The molecule has 0 spiro atoms. The maximum Gasteiger partial charge on any atom is 0.0932 e. The highest BCUT2D eigenvalue weighted by Gasteiger charge is 2.12. The number of aryl methyl sites for hydroxylation is 2.